The summed E-state index contributed by atoms with van der Waals surface area (Å²) in [6, 6.07) is 5.60. The van der Waals surface area contributed by atoms with Gasteiger partial charge in [0.2, 0.25) is 0 Å². The third-order valence-electron chi connectivity index (χ3n) is 3.77. The summed E-state index contributed by atoms with van der Waals surface area (Å²) in [5.41, 5.74) is 1.79. The second-order valence-corrected chi connectivity index (χ2v) is 6.15. The number of hydrogen-bond donors (Lipinski definition) is 0. The number of anilines is 1. The average Bonchev–Trinajstić information content (AvgIpc) is 2.81. The van der Waals surface area contributed by atoms with E-state index < -0.39 is 0 Å². The Balaban J connectivity index is 1.69. The third-order valence-corrected chi connectivity index (χ3v) is 4.20. The van der Waals surface area contributed by atoms with Crippen molar-refractivity contribution >= 4 is 27.5 Å². The molecule has 0 bridgehead atoms. The molecule has 0 aliphatic carbocycles. The first-order valence-corrected chi connectivity index (χ1v) is 8.08. The average molecular weight is 361 g/mol. The molecule has 3 heterocycles. The second-order valence-electron chi connectivity index (χ2n) is 5.23. The largest absolute Gasteiger partial charge is 0.368 e. The number of carbonyl (C=O) groups excluding carboxylic acids is 1. The zero-order valence-corrected chi connectivity index (χ0v) is 13.7. The molecule has 0 saturated carbocycles. The summed E-state index contributed by atoms with van der Waals surface area (Å²) in [5, 5.41) is 0. The predicted octanol–water partition coefficient (Wildman–Crippen LogP) is 2.59. The van der Waals surface area contributed by atoms with E-state index in [-0.39, 0.29) is 5.91 Å². The maximum absolute atomic E-state index is 12.5. The molecule has 6 heteroatoms. The molecule has 5 nitrogen and oxygen atoms in total. The smallest absolute Gasteiger partial charge is 0.254 e. The molecule has 1 fully saturated rings. The van der Waals surface area contributed by atoms with Crippen LogP contribution in [-0.4, -0.2) is 47.0 Å². The van der Waals surface area contributed by atoms with E-state index in [1.54, 1.807) is 30.7 Å². The van der Waals surface area contributed by atoms with Crippen molar-refractivity contribution in [1.29, 1.82) is 0 Å². The van der Waals surface area contributed by atoms with Crippen LogP contribution in [0.5, 0.6) is 0 Å². The van der Waals surface area contributed by atoms with E-state index in [1.807, 2.05) is 11.1 Å². The summed E-state index contributed by atoms with van der Waals surface area (Å²) < 4.78 is 0.971. The standard InChI is InChI=1S/C16H17BrN4O/c17-14-10-15(12-19-11-14)20-6-1-7-21(9-8-20)16(22)13-2-4-18-5-3-13/h2-5,10-12H,1,6-9H2. The monoisotopic (exact) mass is 360 g/mol. The molecule has 2 aromatic heterocycles. The van der Waals surface area contributed by atoms with Crippen LogP contribution in [0.4, 0.5) is 5.69 Å². The van der Waals surface area contributed by atoms with Crippen LogP contribution in [0.3, 0.4) is 0 Å². The first-order chi connectivity index (χ1) is 10.7. The highest BCUT2D eigenvalue weighted by atomic mass is 79.9. The van der Waals surface area contributed by atoms with Gasteiger partial charge in [-0.3, -0.25) is 14.8 Å². The molecule has 1 amide bonds. The summed E-state index contributed by atoms with van der Waals surface area (Å²) in [6.07, 6.45) is 7.91. The third kappa shape index (κ3) is 3.44. The Morgan fingerprint density at radius 1 is 1.05 bits per heavy atom. The highest BCUT2D eigenvalue weighted by Crippen LogP contribution is 2.20. The zero-order valence-electron chi connectivity index (χ0n) is 12.2. The molecule has 114 valence electrons. The number of rotatable bonds is 2. The summed E-state index contributed by atoms with van der Waals surface area (Å²) in [5.74, 6) is 0.0802. The molecule has 22 heavy (non-hydrogen) atoms. The van der Waals surface area contributed by atoms with Crippen molar-refractivity contribution < 1.29 is 4.79 Å². The molecular weight excluding hydrogens is 344 g/mol. The van der Waals surface area contributed by atoms with Crippen LogP contribution in [0.2, 0.25) is 0 Å². The molecular formula is C16H17BrN4O. The van der Waals surface area contributed by atoms with Gasteiger partial charge in [0, 0.05) is 54.8 Å². The fourth-order valence-corrected chi connectivity index (χ4v) is 2.98. The minimum Gasteiger partial charge on any atom is -0.368 e. The Morgan fingerprint density at radius 3 is 2.64 bits per heavy atom. The number of pyridine rings is 2. The molecule has 2 aromatic rings. The SMILES string of the molecule is O=C(c1ccncc1)N1CCCN(c2cncc(Br)c2)CC1. The van der Waals surface area contributed by atoms with Gasteiger partial charge in [-0.2, -0.15) is 0 Å². The van der Waals surface area contributed by atoms with Gasteiger partial charge in [0.15, 0.2) is 0 Å². The summed E-state index contributed by atoms with van der Waals surface area (Å²) in [4.78, 5) is 24.9. The molecule has 0 N–H and O–H groups in total. The fourth-order valence-electron chi connectivity index (χ4n) is 2.63. The molecule has 0 aromatic carbocycles. The van der Waals surface area contributed by atoms with E-state index in [1.165, 1.54) is 0 Å². The van der Waals surface area contributed by atoms with Crippen LogP contribution in [-0.2, 0) is 0 Å². The highest BCUT2D eigenvalue weighted by Gasteiger charge is 2.20. The Morgan fingerprint density at radius 2 is 1.86 bits per heavy atom. The van der Waals surface area contributed by atoms with Gasteiger partial charge in [-0.25, -0.2) is 0 Å². The Kier molecular flexibility index (Phi) is 4.68. The van der Waals surface area contributed by atoms with E-state index in [9.17, 15) is 4.79 Å². The maximum atomic E-state index is 12.5. The predicted molar refractivity (Wildman–Crippen MR) is 88.9 cm³/mol. The molecule has 1 aliphatic heterocycles. The number of amides is 1. The van der Waals surface area contributed by atoms with Crippen LogP contribution in [0.1, 0.15) is 16.8 Å². The topological polar surface area (TPSA) is 49.3 Å². The first-order valence-electron chi connectivity index (χ1n) is 7.29. The molecule has 0 radical (unpaired) electrons. The molecule has 0 spiro atoms. The van der Waals surface area contributed by atoms with Gasteiger partial charge < -0.3 is 9.80 Å². The van der Waals surface area contributed by atoms with Gasteiger partial charge in [0.05, 0.1) is 11.9 Å². The summed E-state index contributed by atoms with van der Waals surface area (Å²) in [7, 11) is 0. The van der Waals surface area contributed by atoms with Gasteiger partial charge in [0.1, 0.15) is 0 Å². The van der Waals surface area contributed by atoms with Crippen LogP contribution in [0, 0.1) is 0 Å². The molecule has 1 saturated heterocycles. The maximum Gasteiger partial charge on any atom is 0.254 e. The first kappa shape index (κ1) is 15.0. The number of aromatic nitrogens is 2. The number of carbonyl (C=O) groups is 1. The van der Waals surface area contributed by atoms with Gasteiger partial charge in [-0.15, -0.1) is 0 Å². The van der Waals surface area contributed by atoms with Crippen molar-refractivity contribution in [2.75, 3.05) is 31.1 Å². The Hall–Kier alpha value is -1.95. The fraction of sp³-hybridized carbons (Fsp3) is 0.312. The molecule has 0 atom stereocenters. The molecule has 3 rings (SSSR count). The minimum atomic E-state index is 0.0802. The van der Waals surface area contributed by atoms with Crippen molar-refractivity contribution in [2.24, 2.45) is 0 Å². The minimum absolute atomic E-state index is 0.0802. The zero-order chi connectivity index (χ0) is 15.4. The van der Waals surface area contributed by atoms with E-state index in [0.717, 1.165) is 36.2 Å². The summed E-state index contributed by atoms with van der Waals surface area (Å²) >= 11 is 3.45. The van der Waals surface area contributed by atoms with Crippen molar-refractivity contribution in [3.63, 3.8) is 0 Å². The van der Waals surface area contributed by atoms with Crippen LogP contribution in [0.25, 0.3) is 0 Å². The van der Waals surface area contributed by atoms with Crippen LogP contribution >= 0.6 is 15.9 Å². The molecule has 0 unspecified atom stereocenters. The highest BCUT2D eigenvalue weighted by molar-refractivity contribution is 9.10. The normalized spacial score (nSPS) is 15.5. The second kappa shape index (κ2) is 6.87. The van der Waals surface area contributed by atoms with Crippen LogP contribution < -0.4 is 4.90 Å². The van der Waals surface area contributed by atoms with E-state index in [0.29, 0.717) is 12.1 Å². The van der Waals surface area contributed by atoms with Crippen molar-refractivity contribution in [1.82, 2.24) is 14.9 Å². The lowest BCUT2D eigenvalue weighted by Gasteiger charge is -2.23. The lowest BCUT2D eigenvalue weighted by molar-refractivity contribution is 0.0767. The number of hydrogen-bond acceptors (Lipinski definition) is 4. The Bertz CT molecular complexity index is 650. The Labute approximate surface area is 138 Å². The lowest BCUT2D eigenvalue weighted by atomic mass is 10.2. The molecule has 1 aliphatic rings. The van der Waals surface area contributed by atoms with Gasteiger partial charge in [0.25, 0.3) is 5.91 Å². The van der Waals surface area contributed by atoms with Gasteiger partial charge in [-0.05, 0) is 40.5 Å². The van der Waals surface area contributed by atoms with Gasteiger partial charge >= 0.3 is 0 Å². The summed E-state index contributed by atoms with van der Waals surface area (Å²) in [6.45, 7) is 3.24. The lowest BCUT2D eigenvalue weighted by Crippen LogP contribution is -2.35. The van der Waals surface area contributed by atoms with Crippen molar-refractivity contribution in [3.8, 4) is 0 Å². The number of halogens is 1. The van der Waals surface area contributed by atoms with Gasteiger partial charge in [-0.1, -0.05) is 0 Å². The van der Waals surface area contributed by atoms with Crippen molar-refractivity contribution in [2.45, 2.75) is 6.42 Å². The van der Waals surface area contributed by atoms with E-state index >= 15 is 0 Å². The van der Waals surface area contributed by atoms with E-state index in [2.05, 4.69) is 36.9 Å². The van der Waals surface area contributed by atoms with Crippen LogP contribution in [0.15, 0.2) is 47.5 Å². The van der Waals surface area contributed by atoms with E-state index in [4.69, 9.17) is 0 Å². The van der Waals surface area contributed by atoms with Crippen molar-refractivity contribution in [3.05, 3.63) is 53.0 Å². The quantitative estimate of drug-likeness (QED) is 0.825. The number of nitrogens with zero attached hydrogens (tertiary/aromatic N) is 4.